The van der Waals surface area contributed by atoms with Crippen molar-refractivity contribution in [1.82, 2.24) is 19.7 Å². The fraction of sp³-hybridized carbons (Fsp3) is 0.160. The van der Waals surface area contributed by atoms with Crippen LogP contribution < -0.4 is 4.90 Å². The highest BCUT2D eigenvalue weighted by Crippen LogP contribution is 2.30. The molecule has 0 saturated heterocycles. The van der Waals surface area contributed by atoms with Gasteiger partial charge in [0, 0.05) is 47.4 Å². The molecule has 0 amide bonds. The topological polar surface area (TPSA) is 87.0 Å². The van der Waals surface area contributed by atoms with Gasteiger partial charge in [0.25, 0.3) is 0 Å². The first kappa shape index (κ1) is 23.7. The van der Waals surface area contributed by atoms with E-state index in [1.165, 1.54) is 0 Å². The fourth-order valence-electron chi connectivity index (χ4n) is 3.63. The van der Waals surface area contributed by atoms with Crippen molar-refractivity contribution in [3.8, 4) is 17.1 Å². The minimum Gasteiger partial charge on any atom is -0.477 e. The zero-order valence-electron chi connectivity index (χ0n) is 19.2. The van der Waals surface area contributed by atoms with Crippen LogP contribution in [0.5, 0.6) is 0 Å². The smallest absolute Gasteiger partial charge is 0.342 e. The molecule has 4 rings (SSSR count). The van der Waals surface area contributed by atoms with E-state index in [4.69, 9.17) is 11.6 Å². The molecule has 0 fully saturated rings. The van der Waals surface area contributed by atoms with Crippen molar-refractivity contribution >= 4 is 41.1 Å². The second-order valence-electron chi connectivity index (χ2n) is 7.96. The average Bonchev–Trinajstić information content (AvgIpc) is 3.38. The van der Waals surface area contributed by atoms with E-state index in [0.717, 1.165) is 45.7 Å². The van der Waals surface area contributed by atoms with Crippen LogP contribution in [-0.2, 0) is 4.79 Å². The molecule has 0 unspecified atom stereocenters. The molecule has 0 aliphatic carbocycles. The molecule has 2 heterocycles. The summed E-state index contributed by atoms with van der Waals surface area (Å²) in [5.41, 5.74) is 5.73. The lowest BCUT2D eigenvalue weighted by molar-refractivity contribution is -0.131. The number of benzene rings is 2. The van der Waals surface area contributed by atoms with Crippen molar-refractivity contribution in [2.45, 2.75) is 19.0 Å². The summed E-state index contributed by atoms with van der Waals surface area (Å²) in [5.74, 6) is -0.494. The first-order chi connectivity index (χ1) is 16.2. The third-order valence-electron chi connectivity index (χ3n) is 5.38. The third-order valence-corrected chi connectivity index (χ3v) is 6.51. The predicted octanol–water partition coefficient (Wildman–Crippen LogP) is 5.82. The van der Waals surface area contributed by atoms with Crippen molar-refractivity contribution in [2.75, 3.05) is 19.0 Å². The van der Waals surface area contributed by atoms with Gasteiger partial charge in [0.15, 0.2) is 5.82 Å². The van der Waals surface area contributed by atoms with Gasteiger partial charge in [0.1, 0.15) is 4.91 Å². The Bertz CT molecular complexity index is 1360. The molecule has 0 aliphatic rings. The normalized spacial score (nSPS) is 11.6. The molecule has 34 heavy (non-hydrogen) atoms. The number of hydrogen-bond acceptors (Lipinski definition) is 5. The molecule has 9 heteroatoms. The summed E-state index contributed by atoms with van der Waals surface area (Å²) < 4.78 is 2.11. The molecular weight excluding hydrogens is 470 g/mol. The number of carboxylic acids is 1. The van der Waals surface area contributed by atoms with Gasteiger partial charge in [-0.25, -0.2) is 9.78 Å². The van der Waals surface area contributed by atoms with E-state index in [2.05, 4.69) is 44.0 Å². The average molecular weight is 494 g/mol. The molecule has 0 aliphatic heterocycles. The van der Waals surface area contributed by atoms with Gasteiger partial charge in [0.2, 0.25) is 5.16 Å². The van der Waals surface area contributed by atoms with E-state index in [0.29, 0.717) is 16.0 Å². The van der Waals surface area contributed by atoms with Gasteiger partial charge >= 0.3 is 5.97 Å². The van der Waals surface area contributed by atoms with Crippen molar-refractivity contribution in [3.63, 3.8) is 0 Å². The maximum Gasteiger partial charge on any atom is 0.342 e. The van der Waals surface area contributed by atoms with Crippen molar-refractivity contribution in [1.29, 1.82) is 0 Å². The number of H-pyrrole nitrogens is 1. The number of aliphatic carboxylic acids is 1. The number of halogens is 1. The summed E-state index contributed by atoms with van der Waals surface area (Å²) in [6.07, 6.45) is 1.67. The Hall–Kier alpha value is -3.49. The van der Waals surface area contributed by atoms with Crippen LogP contribution in [0.25, 0.3) is 23.2 Å². The lowest BCUT2D eigenvalue weighted by atomic mass is 10.2. The Morgan fingerprint density at radius 3 is 2.41 bits per heavy atom. The number of thioether (sulfide) groups is 1. The van der Waals surface area contributed by atoms with Crippen molar-refractivity contribution in [3.05, 3.63) is 81.5 Å². The van der Waals surface area contributed by atoms with Gasteiger partial charge in [0.05, 0.1) is 0 Å². The summed E-state index contributed by atoms with van der Waals surface area (Å²) in [7, 11) is 4.00. The standard InChI is InChI=1S/C25H24ClN5O2S/c1-15-13-18(16(2)31(15)21-11-9-20(10-12-21)30(3)4)14-22(24(32)33)34-25-27-23(28-29-25)17-5-7-19(26)8-6-17/h5-14H,1-4H3,(H,32,33)(H,27,28,29)/b22-14+. The molecular formula is C25H24ClN5O2S. The molecule has 0 saturated carbocycles. The molecule has 0 bridgehead atoms. The first-order valence-electron chi connectivity index (χ1n) is 10.5. The molecule has 7 nitrogen and oxygen atoms in total. The maximum atomic E-state index is 12.0. The fourth-order valence-corrected chi connectivity index (χ4v) is 4.46. The molecule has 2 aromatic carbocycles. The van der Waals surface area contributed by atoms with E-state index in [9.17, 15) is 9.90 Å². The Balaban J connectivity index is 1.62. The molecule has 2 aromatic heterocycles. The van der Waals surface area contributed by atoms with Crippen molar-refractivity contribution < 1.29 is 9.90 Å². The summed E-state index contributed by atoms with van der Waals surface area (Å²) in [6.45, 7) is 3.99. The van der Waals surface area contributed by atoms with Gasteiger partial charge in [-0.3, -0.25) is 5.10 Å². The van der Waals surface area contributed by atoms with Crippen molar-refractivity contribution in [2.24, 2.45) is 0 Å². The van der Waals surface area contributed by atoms with E-state index in [1.807, 2.05) is 51.0 Å². The number of nitrogens with zero attached hydrogens (tertiary/aromatic N) is 4. The number of rotatable bonds is 7. The highest BCUT2D eigenvalue weighted by atomic mass is 35.5. The molecule has 174 valence electrons. The Morgan fingerprint density at radius 1 is 1.12 bits per heavy atom. The largest absolute Gasteiger partial charge is 0.477 e. The predicted molar refractivity (Wildman–Crippen MR) is 138 cm³/mol. The van der Waals surface area contributed by atoms with Crippen LogP contribution in [0.15, 0.2) is 64.7 Å². The van der Waals surface area contributed by atoms with E-state index in [-0.39, 0.29) is 4.91 Å². The van der Waals surface area contributed by atoms with Gasteiger partial charge in [-0.2, -0.15) is 0 Å². The minimum absolute atomic E-state index is 0.130. The minimum atomic E-state index is -1.04. The highest BCUT2D eigenvalue weighted by molar-refractivity contribution is 8.04. The van der Waals surface area contributed by atoms with Gasteiger partial charge < -0.3 is 14.6 Å². The maximum absolute atomic E-state index is 12.0. The van der Waals surface area contributed by atoms with Crippen LogP contribution in [0.1, 0.15) is 17.0 Å². The first-order valence-corrected chi connectivity index (χ1v) is 11.7. The van der Waals surface area contributed by atoms with Gasteiger partial charge in [-0.1, -0.05) is 11.6 Å². The summed E-state index contributed by atoms with van der Waals surface area (Å²) in [4.78, 5) is 18.6. The van der Waals surface area contributed by atoms with Crippen LogP contribution in [0.2, 0.25) is 5.02 Å². The van der Waals surface area contributed by atoms with Crippen LogP contribution >= 0.6 is 23.4 Å². The Kier molecular flexibility index (Phi) is 6.81. The van der Waals surface area contributed by atoms with Gasteiger partial charge in [-0.05, 0) is 91.8 Å². The highest BCUT2D eigenvalue weighted by Gasteiger charge is 2.17. The summed E-state index contributed by atoms with van der Waals surface area (Å²) in [6, 6.07) is 17.4. The third kappa shape index (κ3) is 5.03. The summed E-state index contributed by atoms with van der Waals surface area (Å²) >= 11 is 6.94. The number of anilines is 1. The number of carbonyl (C=O) groups is 1. The lowest BCUT2D eigenvalue weighted by Gasteiger charge is -2.15. The number of carboxylic acid groups (broad SMARTS) is 1. The van der Waals surface area contributed by atoms with Crippen LogP contribution in [0, 0.1) is 13.8 Å². The number of aromatic nitrogens is 4. The van der Waals surface area contributed by atoms with Gasteiger partial charge in [-0.15, -0.1) is 5.10 Å². The molecule has 0 atom stereocenters. The summed E-state index contributed by atoms with van der Waals surface area (Å²) in [5, 5.41) is 17.8. The second-order valence-corrected chi connectivity index (χ2v) is 9.41. The molecule has 2 N–H and O–H groups in total. The second kappa shape index (κ2) is 9.79. The molecule has 4 aromatic rings. The monoisotopic (exact) mass is 493 g/mol. The van der Waals surface area contributed by atoms with Crippen LogP contribution in [0.3, 0.4) is 0 Å². The van der Waals surface area contributed by atoms with Crippen LogP contribution in [0.4, 0.5) is 5.69 Å². The number of aryl methyl sites for hydroxylation is 1. The Morgan fingerprint density at radius 2 is 1.79 bits per heavy atom. The molecule has 0 radical (unpaired) electrons. The SMILES string of the molecule is Cc1cc(/C=C(/Sc2n[nH]c(-c3ccc(Cl)cc3)n2)C(=O)O)c(C)n1-c1ccc(N(C)C)cc1. The Labute approximate surface area is 207 Å². The lowest BCUT2D eigenvalue weighted by Crippen LogP contribution is -2.08. The quantitative estimate of drug-likeness (QED) is 0.249. The number of hydrogen-bond donors (Lipinski definition) is 2. The van der Waals surface area contributed by atoms with E-state index >= 15 is 0 Å². The van der Waals surface area contributed by atoms with E-state index in [1.54, 1.807) is 18.2 Å². The van der Waals surface area contributed by atoms with E-state index < -0.39 is 5.97 Å². The zero-order chi connectivity index (χ0) is 24.4. The number of nitrogens with one attached hydrogen (secondary N) is 1. The molecule has 0 spiro atoms. The zero-order valence-corrected chi connectivity index (χ0v) is 20.8. The number of aromatic amines is 1. The van der Waals surface area contributed by atoms with Crippen LogP contribution in [-0.4, -0.2) is 44.9 Å².